The first kappa shape index (κ1) is 11.3. The fourth-order valence-corrected chi connectivity index (χ4v) is 2.11. The van der Waals surface area contributed by atoms with E-state index in [9.17, 15) is 0 Å². The third-order valence-corrected chi connectivity index (χ3v) is 3.07. The van der Waals surface area contributed by atoms with Gasteiger partial charge in [0, 0.05) is 11.9 Å². The molecule has 2 aromatic rings. The van der Waals surface area contributed by atoms with Crippen LogP contribution in [0.4, 0.5) is 17.2 Å². The molecule has 0 aliphatic carbocycles. The van der Waals surface area contributed by atoms with Crippen molar-refractivity contribution in [1.82, 2.24) is 4.98 Å². The van der Waals surface area contributed by atoms with Gasteiger partial charge in [-0.1, -0.05) is 17.7 Å². The molecule has 1 aliphatic heterocycles. The van der Waals surface area contributed by atoms with Crippen LogP contribution in [0.5, 0.6) is 0 Å². The van der Waals surface area contributed by atoms with E-state index in [-0.39, 0.29) is 0 Å². The van der Waals surface area contributed by atoms with Gasteiger partial charge in [-0.15, -0.1) is 0 Å². The molecule has 2 heterocycles. The normalized spacial score (nSPS) is 13.4. The fraction of sp³-hybridized carbons (Fsp3) is 0.154. The molecular weight excluding hydrogens is 250 g/mol. The molecular formula is C13H12ClN3O. The van der Waals surface area contributed by atoms with Crippen LogP contribution >= 0.6 is 11.6 Å². The fourth-order valence-electron chi connectivity index (χ4n) is 1.95. The second kappa shape index (κ2) is 4.48. The van der Waals surface area contributed by atoms with E-state index in [2.05, 4.69) is 22.4 Å². The Bertz CT molecular complexity index is 601. The van der Waals surface area contributed by atoms with E-state index in [1.54, 1.807) is 12.3 Å². The Morgan fingerprint density at radius 1 is 1.22 bits per heavy atom. The lowest BCUT2D eigenvalue weighted by atomic mass is 10.1. The second-order valence-electron chi connectivity index (χ2n) is 4.19. The van der Waals surface area contributed by atoms with Crippen molar-refractivity contribution in [3.8, 4) is 0 Å². The first-order valence-electron chi connectivity index (χ1n) is 5.60. The molecule has 0 atom stereocenters. The molecule has 0 radical (unpaired) electrons. The first-order valence-corrected chi connectivity index (χ1v) is 5.98. The minimum absolute atomic E-state index is 0.527. The highest BCUT2D eigenvalue weighted by atomic mass is 35.5. The summed E-state index contributed by atoms with van der Waals surface area (Å²) in [6.45, 7) is 1.35. The second-order valence-corrected chi connectivity index (χ2v) is 4.63. The highest BCUT2D eigenvalue weighted by Gasteiger charge is 2.11. The van der Waals surface area contributed by atoms with Gasteiger partial charge in [0.15, 0.2) is 5.82 Å². The predicted octanol–water partition coefficient (Wildman–Crippen LogP) is 3.09. The summed E-state index contributed by atoms with van der Waals surface area (Å²) in [5.74, 6) is 0.610. The maximum absolute atomic E-state index is 5.85. The van der Waals surface area contributed by atoms with Crippen LogP contribution in [-0.4, -0.2) is 4.98 Å². The molecule has 3 rings (SSSR count). The van der Waals surface area contributed by atoms with Gasteiger partial charge in [-0.2, -0.15) is 0 Å². The third-order valence-electron chi connectivity index (χ3n) is 2.87. The summed E-state index contributed by atoms with van der Waals surface area (Å²) >= 11 is 5.81. The standard InChI is InChI=1S/C13H12ClN3O/c14-10-4-12(15)13(16-5-10)17-11-2-1-8-6-18-7-9(8)3-11/h1-5H,6-7,15H2,(H,16,17). The van der Waals surface area contributed by atoms with Crippen LogP contribution in [0.1, 0.15) is 11.1 Å². The van der Waals surface area contributed by atoms with Crippen molar-refractivity contribution in [2.45, 2.75) is 13.2 Å². The zero-order valence-electron chi connectivity index (χ0n) is 9.61. The Morgan fingerprint density at radius 3 is 2.89 bits per heavy atom. The van der Waals surface area contributed by atoms with Crippen LogP contribution in [0.25, 0.3) is 0 Å². The Balaban J connectivity index is 1.88. The largest absolute Gasteiger partial charge is 0.396 e. The number of fused-ring (bicyclic) bond motifs is 1. The number of hydrogen-bond donors (Lipinski definition) is 2. The minimum atomic E-state index is 0.527. The van der Waals surface area contributed by atoms with Crippen molar-refractivity contribution < 1.29 is 4.74 Å². The van der Waals surface area contributed by atoms with Crippen molar-refractivity contribution in [1.29, 1.82) is 0 Å². The molecule has 0 fully saturated rings. The van der Waals surface area contributed by atoms with E-state index in [0.717, 1.165) is 5.69 Å². The van der Waals surface area contributed by atoms with Gasteiger partial charge >= 0.3 is 0 Å². The quantitative estimate of drug-likeness (QED) is 0.872. The molecule has 4 nitrogen and oxygen atoms in total. The van der Waals surface area contributed by atoms with Crippen LogP contribution in [0.15, 0.2) is 30.5 Å². The molecule has 1 aliphatic rings. The third kappa shape index (κ3) is 2.12. The lowest BCUT2D eigenvalue weighted by Gasteiger charge is -2.09. The van der Waals surface area contributed by atoms with E-state index >= 15 is 0 Å². The number of ether oxygens (including phenoxy) is 1. The van der Waals surface area contributed by atoms with E-state index in [1.807, 2.05) is 6.07 Å². The maximum Gasteiger partial charge on any atom is 0.153 e. The van der Waals surface area contributed by atoms with Gasteiger partial charge in [-0.3, -0.25) is 0 Å². The van der Waals surface area contributed by atoms with Gasteiger partial charge in [-0.05, 0) is 29.3 Å². The number of benzene rings is 1. The first-order chi connectivity index (χ1) is 8.72. The van der Waals surface area contributed by atoms with Gasteiger partial charge in [0.05, 0.1) is 23.9 Å². The zero-order chi connectivity index (χ0) is 12.5. The SMILES string of the molecule is Nc1cc(Cl)cnc1Nc1ccc2c(c1)COC2. The van der Waals surface area contributed by atoms with Crippen LogP contribution in [0.3, 0.4) is 0 Å². The molecule has 0 saturated carbocycles. The van der Waals surface area contributed by atoms with Gasteiger partial charge in [0.2, 0.25) is 0 Å². The maximum atomic E-state index is 5.85. The Labute approximate surface area is 110 Å². The number of rotatable bonds is 2. The summed E-state index contributed by atoms with van der Waals surface area (Å²) < 4.78 is 5.37. The molecule has 3 N–H and O–H groups in total. The van der Waals surface area contributed by atoms with Crippen molar-refractivity contribution in [2.24, 2.45) is 0 Å². The highest BCUT2D eigenvalue weighted by molar-refractivity contribution is 6.30. The van der Waals surface area contributed by atoms with Crippen molar-refractivity contribution >= 4 is 28.8 Å². The molecule has 0 unspecified atom stereocenters. The van der Waals surface area contributed by atoms with Crippen molar-refractivity contribution in [3.63, 3.8) is 0 Å². The summed E-state index contributed by atoms with van der Waals surface area (Å²) in [6, 6.07) is 7.77. The average molecular weight is 262 g/mol. The summed E-state index contributed by atoms with van der Waals surface area (Å²) in [4.78, 5) is 4.17. The molecule has 1 aromatic carbocycles. The number of halogens is 1. The number of aromatic nitrogens is 1. The molecule has 18 heavy (non-hydrogen) atoms. The van der Waals surface area contributed by atoms with Crippen molar-refractivity contribution in [3.05, 3.63) is 46.6 Å². The minimum Gasteiger partial charge on any atom is -0.396 e. The molecule has 1 aromatic heterocycles. The number of pyridine rings is 1. The Hall–Kier alpha value is -1.78. The van der Waals surface area contributed by atoms with Crippen LogP contribution in [-0.2, 0) is 18.0 Å². The number of nitrogens with zero attached hydrogens (tertiary/aromatic N) is 1. The zero-order valence-corrected chi connectivity index (χ0v) is 10.4. The van der Waals surface area contributed by atoms with Gasteiger partial charge < -0.3 is 15.8 Å². The van der Waals surface area contributed by atoms with Gasteiger partial charge in [0.1, 0.15) is 0 Å². The van der Waals surface area contributed by atoms with Gasteiger partial charge in [0.25, 0.3) is 0 Å². The van der Waals surface area contributed by atoms with Crippen LogP contribution < -0.4 is 11.1 Å². The average Bonchev–Trinajstić information content (AvgIpc) is 2.80. The van der Waals surface area contributed by atoms with E-state index in [0.29, 0.717) is 29.7 Å². The Morgan fingerprint density at radius 2 is 2.06 bits per heavy atom. The number of hydrogen-bond acceptors (Lipinski definition) is 4. The molecule has 0 spiro atoms. The van der Waals surface area contributed by atoms with E-state index in [4.69, 9.17) is 22.1 Å². The molecule has 0 saturated heterocycles. The number of nitrogens with one attached hydrogen (secondary N) is 1. The molecule has 5 heteroatoms. The molecule has 0 bridgehead atoms. The Kier molecular flexibility index (Phi) is 2.81. The van der Waals surface area contributed by atoms with Crippen molar-refractivity contribution in [2.75, 3.05) is 11.1 Å². The topological polar surface area (TPSA) is 60.2 Å². The van der Waals surface area contributed by atoms with Crippen LogP contribution in [0, 0.1) is 0 Å². The smallest absolute Gasteiger partial charge is 0.153 e. The van der Waals surface area contributed by atoms with E-state index < -0.39 is 0 Å². The lowest BCUT2D eigenvalue weighted by molar-refractivity contribution is 0.134. The number of anilines is 3. The summed E-state index contributed by atoms with van der Waals surface area (Å²) in [5.41, 5.74) is 9.76. The number of nitrogens with two attached hydrogens (primary N) is 1. The van der Waals surface area contributed by atoms with Crippen LogP contribution in [0.2, 0.25) is 5.02 Å². The lowest BCUT2D eigenvalue weighted by Crippen LogP contribution is -1.99. The summed E-state index contributed by atoms with van der Waals surface area (Å²) in [6.07, 6.45) is 1.57. The van der Waals surface area contributed by atoms with Gasteiger partial charge in [-0.25, -0.2) is 4.98 Å². The molecule has 0 amide bonds. The van der Waals surface area contributed by atoms with E-state index in [1.165, 1.54) is 11.1 Å². The summed E-state index contributed by atoms with van der Waals surface area (Å²) in [5, 5.41) is 3.71. The summed E-state index contributed by atoms with van der Waals surface area (Å²) in [7, 11) is 0. The highest BCUT2D eigenvalue weighted by Crippen LogP contribution is 2.27. The molecule has 92 valence electrons. The number of nitrogen functional groups attached to an aromatic ring is 1. The predicted molar refractivity (Wildman–Crippen MR) is 71.9 cm³/mol. The monoisotopic (exact) mass is 261 g/mol.